The molecule has 0 spiro atoms. The molecule has 2 rings (SSSR count). The van der Waals surface area contributed by atoms with Gasteiger partial charge in [0.15, 0.2) is 0 Å². The first kappa shape index (κ1) is 11.3. The van der Waals surface area contributed by atoms with Gasteiger partial charge in [0.2, 0.25) is 0 Å². The normalized spacial score (nSPS) is 10.1. The maximum atomic E-state index is 11.0. The monoisotopic (exact) mass is 227 g/mol. The summed E-state index contributed by atoms with van der Waals surface area (Å²) in [4.78, 5) is 19.2. The highest BCUT2D eigenvalue weighted by Crippen LogP contribution is 2.04. The molecule has 1 aromatic heterocycles. The van der Waals surface area contributed by atoms with E-state index in [0.29, 0.717) is 12.2 Å². The highest BCUT2D eigenvalue weighted by molar-refractivity contribution is 5.90. The van der Waals surface area contributed by atoms with Gasteiger partial charge in [-0.1, -0.05) is 30.3 Å². The quantitative estimate of drug-likeness (QED) is 0.857. The first-order valence-electron chi connectivity index (χ1n) is 5.41. The average Bonchev–Trinajstić information content (AvgIpc) is 2.38. The number of primary amides is 1. The molecular weight excluding hydrogens is 214 g/mol. The van der Waals surface area contributed by atoms with E-state index in [4.69, 9.17) is 5.73 Å². The van der Waals surface area contributed by atoms with Gasteiger partial charge in [0.05, 0.1) is 0 Å². The summed E-state index contributed by atoms with van der Waals surface area (Å²) in [6.45, 7) is 0. The van der Waals surface area contributed by atoms with Crippen LogP contribution in [-0.2, 0) is 12.8 Å². The lowest BCUT2D eigenvalue weighted by atomic mass is 10.1. The molecular formula is C13H13N3O. The van der Waals surface area contributed by atoms with Crippen LogP contribution in [0.25, 0.3) is 0 Å². The molecule has 17 heavy (non-hydrogen) atoms. The van der Waals surface area contributed by atoms with Crippen LogP contribution >= 0.6 is 0 Å². The van der Waals surface area contributed by atoms with E-state index in [0.717, 1.165) is 6.42 Å². The predicted molar refractivity (Wildman–Crippen MR) is 64.4 cm³/mol. The van der Waals surface area contributed by atoms with E-state index in [1.807, 2.05) is 18.2 Å². The average molecular weight is 227 g/mol. The summed E-state index contributed by atoms with van der Waals surface area (Å²) in [5, 5.41) is 0. The van der Waals surface area contributed by atoms with Crippen LogP contribution < -0.4 is 5.73 Å². The molecule has 1 amide bonds. The molecule has 0 aliphatic rings. The lowest BCUT2D eigenvalue weighted by molar-refractivity contribution is 0.0995. The van der Waals surface area contributed by atoms with Crippen molar-refractivity contribution in [2.45, 2.75) is 12.8 Å². The fourth-order valence-electron chi connectivity index (χ4n) is 1.56. The Labute approximate surface area is 99.5 Å². The minimum atomic E-state index is -0.520. The summed E-state index contributed by atoms with van der Waals surface area (Å²) in [5.74, 6) is 0.124. The second-order valence-electron chi connectivity index (χ2n) is 3.71. The summed E-state index contributed by atoms with van der Waals surface area (Å²) < 4.78 is 0. The summed E-state index contributed by atoms with van der Waals surface area (Å²) in [6, 6.07) is 11.6. The fraction of sp³-hybridized carbons (Fsp3) is 0.154. The van der Waals surface area contributed by atoms with Crippen molar-refractivity contribution in [1.82, 2.24) is 9.97 Å². The van der Waals surface area contributed by atoms with Gasteiger partial charge in [0.1, 0.15) is 11.5 Å². The van der Waals surface area contributed by atoms with Gasteiger partial charge in [-0.15, -0.1) is 0 Å². The third kappa shape index (κ3) is 3.11. The molecule has 0 atom stereocenters. The third-order valence-corrected chi connectivity index (χ3v) is 2.44. The molecule has 0 unspecified atom stereocenters. The highest BCUT2D eigenvalue weighted by atomic mass is 16.1. The maximum absolute atomic E-state index is 11.0. The Morgan fingerprint density at radius 1 is 1.12 bits per heavy atom. The molecule has 0 fully saturated rings. The molecule has 4 heteroatoms. The van der Waals surface area contributed by atoms with E-state index in [1.165, 1.54) is 11.6 Å². The SMILES string of the molecule is NC(=O)c1ccnc(CCc2ccccc2)n1. The number of carbonyl (C=O) groups is 1. The predicted octanol–water partition coefficient (Wildman–Crippen LogP) is 1.36. The number of nitrogens with zero attached hydrogens (tertiary/aromatic N) is 2. The molecule has 0 saturated heterocycles. The van der Waals surface area contributed by atoms with Gasteiger partial charge in [-0.05, 0) is 18.1 Å². The topological polar surface area (TPSA) is 68.9 Å². The Morgan fingerprint density at radius 2 is 1.88 bits per heavy atom. The standard InChI is InChI=1S/C13H13N3O/c14-13(17)11-8-9-15-12(16-11)7-6-10-4-2-1-3-5-10/h1-5,8-9H,6-7H2,(H2,14,17). The summed E-state index contributed by atoms with van der Waals surface area (Å²) in [5.41, 5.74) is 6.65. The molecule has 2 N–H and O–H groups in total. The zero-order valence-electron chi connectivity index (χ0n) is 9.34. The molecule has 0 bridgehead atoms. The van der Waals surface area contributed by atoms with Crippen LogP contribution in [0.1, 0.15) is 21.9 Å². The summed E-state index contributed by atoms with van der Waals surface area (Å²) in [7, 11) is 0. The molecule has 0 aliphatic heterocycles. The van der Waals surface area contributed by atoms with E-state index in [-0.39, 0.29) is 5.69 Å². The Hall–Kier alpha value is -2.23. The van der Waals surface area contributed by atoms with Crippen LogP contribution in [0, 0.1) is 0 Å². The zero-order valence-corrected chi connectivity index (χ0v) is 9.34. The smallest absolute Gasteiger partial charge is 0.267 e. The third-order valence-electron chi connectivity index (χ3n) is 2.44. The highest BCUT2D eigenvalue weighted by Gasteiger charge is 2.04. The molecule has 4 nitrogen and oxygen atoms in total. The number of hydrogen-bond acceptors (Lipinski definition) is 3. The Morgan fingerprint density at radius 3 is 2.59 bits per heavy atom. The second-order valence-corrected chi connectivity index (χ2v) is 3.71. The van der Waals surface area contributed by atoms with Crippen LogP contribution in [-0.4, -0.2) is 15.9 Å². The molecule has 0 aliphatic carbocycles. The molecule has 2 aromatic rings. The Bertz CT molecular complexity index is 511. The number of rotatable bonds is 4. The summed E-state index contributed by atoms with van der Waals surface area (Å²) in [6.07, 6.45) is 3.11. The number of nitrogens with two attached hydrogens (primary N) is 1. The van der Waals surface area contributed by atoms with Gasteiger partial charge in [-0.25, -0.2) is 9.97 Å². The fourth-order valence-corrected chi connectivity index (χ4v) is 1.56. The van der Waals surface area contributed by atoms with Crippen LogP contribution in [0.5, 0.6) is 0 Å². The van der Waals surface area contributed by atoms with Crippen molar-refractivity contribution in [3.8, 4) is 0 Å². The first-order valence-corrected chi connectivity index (χ1v) is 5.41. The molecule has 86 valence electrons. The van der Waals surface area contributed by atoms with Gasteiger partial charge >= 0.3 is 0 Å². The lowest BCUT2D eigenvalue weighted by Crippen LogP contribution is -2.14. The minimum Gasteiger partial charge on any atom is -0.364 e. The molecule has 0 radical (unpaired) electrons. The Kier molecular flexibility index (Phi) is 3.45. The van der Waals surface area contributed by atoms with Crippen LogP contribution in [0.15, 0.2) is 42.6 Å². The zero-order chi connectivity index (χ0) is 12.1. The van der Waals surface area contributed by atoms with Crippen molar-refractivity contribution in [2.75, 3.05) is 0 Å². The number of carbonyl (C=O) groups excluding carboxylic acids is 1. The van der Waals surface area contributed by atoms with Gasteiger partial charge in [-0.2, -0.15) is 0 Å². The molecule has 1 aromatic carbocycles. The first-order chi connectivity index (χ1) is 8.25. The van der Waals surface area contributed by atoms with Crippen molar-refractivity contribution in [3.63, 3.8) is 0 Å². The maximum Gasteiger partial charge on any atom is 0.267 e. The Balaban J connectivity index is 2.04. The number of amides is 1. The number of aryl methyl sites for hydroxylation is 2. The van der Waals surface area contributed by atoms with Crippen molar-refractivity contribution >= 4 is 5.91 Å². The number of hydrogen-bond donors (Lipinski definition) is 1. The van der Waals surface area contributed by atoms with Gasteiger partial charge < -0.3 is 5.73 Å². The number of aromatic nitrogens is 2. The number of benzene rings is 1. The van der Waals surface area contributed by atoms with Crippen LogP contribution in [0.2, 0.25) is 0 Å². The summed E-state index contributed by atoms with van der Waals surface area (Å²) >= 11 is 0. The van der Waals surface area contributed by atoms with E-state index < -0.39 is 5.91 Å². The molecule has 0 saturated carbocycles. The van der Waals surface area contributed by atoms with E-state index in [9.17, 15) is 4.79 Å². The van der Waals surface area contributed by atoms with Gasteiger partial charge in [0.25, 0.3) is 5.91 Å². The lowest BCUT2D eigenvalue weighted by Gasteiger charge is -2.01. The molecule has 1 heterocycles. The van der Waals surface area contributed by atoms with Crippen molar-refractivity contribution in [2.24, 2.45) is 5.73 Å². The second kappa shape index (κ2) is 5.21. The van der Waals surface area contributed by atoms with E-state index in [1.54, 1.807) is 6.20 Å². The van der Waals surface area contributed by atoms with Gasteiger partial charge in [-0.3, -0.25) is 4.79 Å². The van der Waals surface area contributed by atoms with E-state index in [2.05, 4.69) is 22.1 Å². The minimum absolute atomic E-state index is 0.267. The van der Waals surface area contributed by atoms with Gasteiger partial charge in [0, 0.05) is 12.6 Å². The van der Waals surface area contributed by atoms with E-state index >= 15 is 0 Å². The van der Waals surface area contributed by atoms with Crippen molar-refractivity contribution < 1.29 is 4.79 Å². The van der Waals surface area contributed by atoms with Crippen LogP contribution in [0.3, 0.4) is 0 Å². The van der Waals surface area contributed by atoms with Crippen molar-refractivity contribution in [1.29, 1.82) is 0 Å². The van der Waals surface area contributed by atoms with Crippen LogP contribution in [0.4, 0.5) is 0 Å². The largest absolute Gasteiger partial charge is 0.364 e. The van der Waals surface area contributed by atoms with Crippen molar-refractivity contribution in [3.05, 3.63) is 59.7 Å².